The number of nitrogens with one attached hydrogen (secondary N) is 1. The standard InChI is InChI=1S/C16H19Br2NO/c1-3-9-19-16(15-8-6-12(4-2)20-15)13-10-11(17)5-7-14(13)18/h5-8,10,16,19H,3-4,9H2,1-2H3. The Morgan fingerprint density at radius 2 is 1.95 bits per heavy atom. The van der Waals surface area contributed by atoms with Gasteiger partial charge in [-0.1, -0.05) is 45.7 Å². The van der Waals surface area contributed by atoms with Gasteiger partial charge in [0.05, 0.1) is 6.04 Å². The first-order valence-corrected chi connectivity index (χ1v) is 8.51. The molecule has 108 valence electrons. The maximum atomic E-state index is 5.94. The largest absolute Gasteiger partial charge is 0.464 e. The molecule has 1 N–H and O–H groups in total. The second kappa shape index (κ2) is 7.43. The lowest BCUT2D eigenvalue weighted by Crippen LogP contribution is -2.23. The van der Waals surface area contributed by atoms with Gasteiger partial charge in [-0.2, -0.15) is 0 Å². The van der Waals surface area contributed by atoms with Crippen LogP contribution in [0.3, 0.4) is 0 Å². The number of halogens is 2. The molecule has 4 heteroatoms. The van der Waals surface area contributed by atoms with Gasteiger partial charge in [0.2, 0.25) is 0 Å². The molecule has 2 rings (SSSR count). The maximum Gasteiger partial charge on any atom is 0.125 e. The zero-order valence-corrected chi connectivity index (χ0v) is 14.9. The van der Waals surface area contributed by atoms with Crippen LogP contribution in [0.25, 0.3) is 0 Å². The average molecular weight is 401 g/mol. The Kier molecular flexibility index (Phi) is 5.87. The minimum atomic E-state index is 0.0714. The lowest BCUT2D eigenvalue weighted by molar-refractivity contribution is 0.421. The van der Waals surface area contributed by atoms with Crippen LogP contribution >= 0.6 is 31.9 Å². The number of rotatable bonds is 6. The summed E-state index contributed by atoms with van der Waals surface area (Å²) in [5, 5.41) is 3.56. The van der Waals surface area contributed by atoms with Crippen molar-refractivity contribution in [2.24, 2.45) is 0 Å². The van der Waals surface area contributed by atoms with Gasteiger partial charge in [-0.15, -0.1) is 0 Å². The summed E-state index contributed by atoms with van der Waals surface area (Å²) in [6.07, 6.45) is 2.00. The number of furan rings is 1. The Bertz CT molecular complexity index is 565. The van der Waals surface area contributed by atoms with E-state index in [0.717, 1.165) is 39.9 Å². The molecule has 1 unspecified atom stereocenters. The van der Waals surface area contributed by atoms with E-state index in [1.165, 1.54) is 5.56 Å². The zero-order chi connectivity index (χ0) is 14.5. The third-order valence-electron chi connectivity index (χ3n) is 3.18. The average Bonchev–Trinajstić information content (AvgIpc) is 2.92. The minimum Gasteiger partial charge on any atom is -0.464 e. The summed E-state index contributed by atoms with van der Waals surface area (Å²) in [4.78, 5) is 0. The first-order chi connectivity index (χ1) is 9.65. The van der Waals surface area contributed by atoms with Crippen molar-refractivity contribution >= 4 is 31.9 Å². The van der Waals surface area contributed by atoms with Gasteiger partial charge in [0, 0.05) is 15.4 Å². The molecule has 2 aromatic rings. The van der Waals surface area contributed by atoms with Crippen LogP contribution in [0.2, 0.25) is 0 Å². The number of benzene rings is 1. The van der Waals surface area contributed by atoms with Gasteiger partial charge in [0.1, 0.15) is 11.5 Å². The molecule has 1 aromatic carbocycles. The summed E-state index contributed by atoms with van der Waals surface area (Å²) in [5.41, 5.74) is 1.19. The fraction of sp³-hybridized carbons (Fsp3) is 0.375. The van der Waals surface area contributed by atoms with Crippen molar-refractivity contribution in [3.8, 4) is 0 Å². The number of hydrogen-bond acceptors (Lipinski definition) is 2. The van der Waals surface area contributed by atoms with Gasteiger partial charge in [-0.3, -0.25) is 0 Å². The predicted molar refractivity (Wildman–Crippen MR) is 90.1 cm³/mol. The quantitative estimate of drug-likeness (QED) is 0.696. The van der Waals surface area contributed by atoms with Crippen molar-refractivity contribution in [2.75, 3.05) is 6.54 Å². The fourth-order valence-corrected chi connectivity index (χ4v) is 2.98. The van der Waals surface area contributed by atoms with E-state index in [1.807, 2.05) is 6.07 Å². The number of hydrogen-bond donors (Lipinski definition) is 1. The maximum absolute atomic E-state index is 5.94. The molecule has 1 aromatic heterocycles. The zero-order valence-electron chi connectivity index (χ0n) is 11.7. The highest BCUT2D eigenvalue weighted by Gasteiger charge is 2.19. The lowest BCUT2D eigenvalue weighted by atomic mass is 10.0. The van der Waals surface area contributed by atoms with Crippen LogP contribution in [-0.4, -0.2) is 6.54 Å². The Hall–Kier alpha value is -0.580. The molecule has 0 aliphatic carbocycles. The molecule has 0 aliphatic heterocycles. The summed E-state index contributed by atoms with van der Waals surface area (Å²) in [6.45, 7) is 5.22. The molecular formula is C16H19Br2NO. The molecule has 0 aliphatic rings. The molecule has 0 saturated carbocycles. The molecule has 0 fully saturated rings. The highest BCUT2D eigenvalue weighted by Crippen LogP contribution is 2.32. The van der Waals surface area contributed by atoms with Gasteiger partial charge in [0.15, 0.2) is 0 Å². The van der Waals surface area contributed by atoms with Crippen molar-refractivity contribution in [3.05, 3.63) is 56.4 Å². The van der Waals surface area contributed by atoms with Crippen LogP contribution in [0.15, 0.2) is 43.7 Å². The van der Waals surface area contributed by atoms with Gasteiger partial charge in [-0.05, 0) is 48.9 Å². The van der Waals surface area contributed by atoms with E-state index in [4.69, 9.17) is 4.42 Å². The van der Waals surface area contributed by atoms with Crippen LogP contribution in [0, 0.1) is 0 Å². The van der Waals surface area contributed by atoms with Crippen LogP contribution in [0.5, 0.6) is 0 Å². The summed E-state index contributed by atoms with van der Waals surface area (Å²) >= 11 is 7.19. The van der Waals surface area contributed by atoms with E-state index in [1.54, 1.807) is 0 Å². The molecule has 0 spiro atoms. The molecule has 1 heterocycles. The Labute approximate surface area is 137 Å². The summed E-state index contributed by atoms with van der Waals surface area (Å²) in [5.74, 6) is 1.99. The first-order valence-electron chi connectivity index (χ1n) is 6.92. The van der Waals surface area contributed by atoms with Crippen molar-refractivity contribution in [1.82, 2.24) is 5.32 Å². The van der Waals surface area contributed by atoms with Crippen molar-refractivity contribution < 1.29 is 4.42 Å². The van der Waals surface area contributed by atoms with Crippen molar-refractivity contribution in [1.29, 1.82) is 0 Å². The third kappa shape index (κ3) is 3.74. The first kappa shape index (κ1) is 15.8. The topological polar surface area (TPSA) is 25.2 Å². The molecule has 0 saturated heterocycles. The summed E-state index contributed by atoms with van der Waals surface area (Å²) in [6, 6.07) is 10.4. The van der Waals surface area contributed by atoms with E-state index in [0.29, 0.717) is 0 Å². The molecule has 1 atom stereocenters. The van der Waals surface area contributed by atoms with E-state index < -0.39 is 0 Å². The van der Waals surface area contributed by atoms with E-state index in [2.05, 4.69) is 75.3 Å². The Balaban J connectivity index is 2.38. The SMILES string of the molecule is CCCNC(c1ccc(CC)o1)c1cc(Br)ccc1Br. The van der Waals surface area contributed by atoms with Gasteiger partial charge < -0.3 is 9.73 Å². The molecular weight excluding hydrogens is 382 g/mol. The van der Waals surface area contributed by atoms with Crippen molar-refractivity contribution in [3.63, 3.8) is 0 Å². The highest BCUT2D eigenvalue weighted by molar-refractivity contribution is 9.11. The molecule has 0 amide bonds. The highest BCUT2D eigenvalue weighted by atomic mass is 79.9. The van der Waals surface area contributed by atoms with Crippen molar-refractivity contribution in [2.45, 2.75) is 32.7 Å². The predicted octanol–water partition coefficient (Wildman–Crippen LogP) is 5.46. The summed E-state index contributed by atoms with van der Waals surface area (Å²) < 4.78 is 8.10. The lowest BCUT2D eigenvalue weighted by Gasteiger charge is -2.18. The Morgan fingerprint density at radius 1 is 1.15 bits per heavy atom. The smallest absolute Gasteiger partial charge is 0.125 e. The van der Waals surface area contributed by atoms with E-state index in [-0.39, 0.29) is 6.04 Å². The minimum absolute atomic E-state index is 0.0714. The van der Waals surface area contributed by atoms with E-state index in [9.17, 15) is 0 Å². The summed E-state index contributed by atoms with van der Waals surface area (Å²) in [7, 11) is 0. The van der Waals surface area contributed by atoms with Crippen LogP contribution in [-0.2, 0) is 6.42 Å². The Morgan fingerprint density at radius 3 is 2.60 bits per heavy atom. The van der Waals surface area contributed by atoms with E-state index >= 15 is 0 Å². The van der Waals surface area contributed by atoms with Crippen LogP contribution in [0.4, 0.5) is 0 Å². The molecule has 20 heavy (non-hydrogen) atoms. The monoisotopic (exact) mass is 399 g/mol. The van der Waals surface area contributed by atoms with Gasteiger partial charge in [-0.25, -0.2) is 0 Å². The third-order valence-corrected chi connectivity index (χ3v) is 4.40. The van der Waals surface area contributed by atoms with Gasteiger partial charge >= 0.3 is 0 Å². The fourth-order valence-electron chi connectivity index (χ4n) is 2.13. The molecule has 0 bridgehead atoms. The van der Waals surface area contributed by atoms with Crippen LogP contribution in [0.1, 0.15) is 43.4 Å². The number of aryl methyl sites for hydroxylation is 1. The molecule has 2 nitrogen and oxygen atoms in total. The second-order valence-corrected chi connectivity index (χ2v) is 6.48. The normalized spacial score (nSPS) is 12.6. The second-order valence-electron chi connectivity index (χ2n) is 4.71. The molecule has 0 radical (unpaired) electrons. The van der Waals surface area contributed by atoms with Crippen LogP contribution < -0.4 is 5.32 Å². The van der Waals surface area contributed by atoms with Gasteiger partial charge in [0.25, 0.3) is 0 Å².